The Hall–Kier alpha value is -2.40. The highest BCUT2D eigenvalue weighted by atomic mass is 35.5. The van der Waals surface area contributed by atoms with Crippen molar-refractivity contribution in [2.24, 2.45) is 0 Å². The molecule has 1 amide bonds. The molecule has 5 nitrogen and oxygen atoms in total. The first kappa shape index (κ1) is 14.2. The normalized spacial score (nSPS) is 14.1. The van der Waals surface area contributed by atoms with E-state index in [9.17, 15) is 4.79 Å². The van der Waals surface area contributed by atoms with E-state index in [1.807, 2.05) is 34.7 Å². The molecule has 0 atom stereocenters. The molecule has 0 spiro atoms. The minimum Gasteiger partial charge on any atom is -0.349 e. The number of hydrogen-bond donors (Lipinski definition) is 1. The van der Waals surface area contributed by atoms with Crippen LogP contribution < -0.4 is 5.32 Å². The van der Waals surface area contributed by atoms with Gasteiger partial charge in [-0.3, -0.25) is 9.20 Å². The summed E-state index contributed by atoms with van der Waals surface area (Å²) in [6, 6.07) is 11.6. The fourth-order valence-electron chi connectivity index (χ4n) is 2.47. The van der Waals surface area contributed by atoms with Gasteiger partial charge in [-0.2, -0.15) is 0 Å². The van der Waals surface area contributed by atoms with Crippen molar-refractivity contribution in [1.82, 2.24) is 19.9 Å². The lowest BCUT2D eigenvalue weighted by Crippen LogP contribution is -2.25. The fraction of sp³-hybridized carbons (Fsp3) is 0.235. The third kappa shape index (κ3) is 3.05. The van der Waals surface area contributed by atoms with Gasteiger partial charge < -0.3 is 5.32 Å². The highest BCUT2D eigenvalue weighted by Gasteiger charge is 2.24. The molecule has 0 saturated heterocycles. The zero-order valence-corrected chi connectivity index (χ0v) is 13.1. The quantitative estimate of drug-likeness (QED) is 0.802. The number of amides is 1. The summed E-state index contributed by atoms with van der Waals surface area (Å²) in [5.74, 6) is 0.754. The van der Waals surface area contributed by atoms with E-state index in [4.69, 9.17) is 11.6 Å². The fourth-order valence-corrected chi connectivity index (χ4v) is 2.60. The number of nitrogens with zero attached hydrogens (tertiary/aromatic N) is 3. The summed E-state index contributed by atoms with van der Waals surface area (Å²) in [6.07, 6.45) is 4.58. The number of benzene rings is 1. The van der Waals surface area contributed by atoms with E-state index < -0.39 is 0 Å². The Morgan fingerprint density at radius 3 is 2.70 bits per heavy atom. The van der Waals surface area contributed by atoms with Crippen molar-refractivity contribution in [2.75, 3.05) is 0 Å². The molecule has 6 heteroatoms. The molecule has 23 heavy (non-hydrogen) atoms. The van der Waals surface area contributed by atoms with Gasteiger partial charge >= 0.3 is 0 Å². The molecule has 1 aliphatic rings. The second-order valence-electron chi connectivity index (χ2n) is 5.81. The van der Waals surface area contributed by atoms with Gasteiger partial charge in [0.2, 0.25) is 0 Å². The van der Waals surface area contributed by atoms with E-state index >= 15 is 0 Å². The molecule has 4 rings (SSSR count). The highest BCUT2D eigenvalue weighted by molar-refractivity contribution is 6.30. The average molecular weight is 327 g/mol. The van der Waals surface area contributed by atoms with Crippen LogP contribution in [0.25, 0.3) is 5.65 Å². The molecule has 2 aromatic heterocycles. The van der Waals surface area contributed by atoms with E-state index in [0.717, 1.165) is 29.9 Å². The smallest absolute Gasteiger partial charge is 0.252 e. The number of carbonyl (C=O) groups excluding carboxylic acids is 1. The molecule has 1 aliphatic carbocycles. The molecule has 0 aliphatic heterocycles. The monoisotopic (exact) mass is 326 g/mol. The zero-order chi connectivity index (χ0) is 15.8. The Bertz CT molecular complexity index is 868. The van der Waals surface area contributed by atoms with Crippen LogP contribution in [0.3, 0.4) is 0 Å². The molecule has 0 bridgehead atoms. The van der Waals surface area contributed by atoms with E-state index in [1.54, 1.807) is 12.3 Å². The SMILES string of the molecule is O=C(NC1CC1)c1ccc2nnc(Cc3ccc(Cl)cc3)n2c1. The molecule has 2 heterocycles. The van der Waals surface area contributed by atoms with Crippen molar-refractivity contribution in [1.29, 1.82) is 0 Å². The van der Waals surface area contributed by atoms with Crippen molar-refractivity contribution in [3.05, 3.63) is 64.6 Å². The van der Waals surface area contributed by atoms with Crippen LogP contribution in [0.5, 0.6) is 0 Å². The molecule has 1 aromatic carbocycles. The predicted octanol–water partition coefficient (Wildman–Crippen LogP) is 2.87. The van der Waals surface area contributed by atoms with Gasteiger partial charge in [0.05, 0.1) is 5.56 Å². The van der Waals surface area contributed by atoms with Gasteiger partial charge in [0.15, 0.2) is 5.65 Å². The second kappa shape index (κ2) is 5.66. The van der Waals surface area contributed by atoms with E-state index in [2.05, 4.69) is 15.5 Å². The Morgan fingerprint density at radius 2 is 1.96 bits per heavy atom. The maximum atomic E-state index is 12.2. The van der Waals surface area contributed by atoms with E-state index in [0.29, 0.717) is 23.0 Å². The summed E-state index contributed by atoms with van der Waals surface area (Å²) < 4.78 is 1.87. The summed E-state index contributed by atoms with van der Waals surface area (Å²) in [4.78, 5) is 12.2. The summed E-state index contributed by atoms with van der Waals surface area (Å²) >= 11 is 5.91. The highest BCUT2D eigenvalue weighted by Crippen LogP contribution is 2.20. The van der Waals surface area contributed by atoms with Crippen LogP contribution in [-0.4, -0.2) is 26.5 Å². The molecule has 3 aromatic rings. The number of hydrogen-bond acceptors (Lipinski definition) is 3. The maximum absolute atomic E-state index is 12.2. The lowest BCUT2D eigenvalue weighted by Gasteiger charge is -2.05. The first-order valence-electron chi connectivity index (χ1n) is 7.58. The average Bonchev–Trinajstić information content (AvgIpc) is 3.29. The first-order chi connectivity index (χ1) is 11.2. The van der Waals surface area contributed by atoms with Crippen LogP contribution in [-0.2, 0) is 6.42 Å². The molecule has 0 unspecified atom stereocenters. The van der Waals surface area contributed by atoms with Crippen molar-refractivity contribution in [3.8, 4) is 0 Å². The molecule has 0 radical (unpaired) electrons. The van der Waals surface area contributed by atoms with Gasteiger partial charge in [-0.15, -0.1) is 10.2 Å². The molecule has 1 N–H and O–H groups in total. The van der Waals surface area contributed by atoms with Gasteiger partial charge in [-0.25, -0.2) is 0 Å². The van der Waals surface area contributed by atoms with Gasteiger partial charge in [0.25, 0.3) is 5.91 Å². The topological polar surface area (TPSA) is 59.3 Å². The second-order valence-corrected chi connectivity index (χ2v) is 6.25. The molecule has 1 fully saturated rings. The minimum atomic E-state index is -0.0412. The van der Waals surface area contributed by atoms with Crippen LogP contribution >= 0.6 is 11.6 Å². The summed E-state index contributed by atoms with van der Waals surface area (Å²) in [5, 5.41) is 12.1. The number of carbonyl (C=O) groups is 1. The predicted molar refractivity (Wildman–Crippen MR) is 87.7 cm³/mol. The van der Waals surface area contributed by atoms with Crippen LogP contribution in [0.1, 0.15) is 34.6 Å². The van der Waals surface area contributed by atoms with Gasteiger partial charge in [0.1, 0.15) is 5.82 Å². The summed E-state index contributed by atoms with van der Waals surface area (Å²) in [5.41, 5.74) is 2.45. The number of pyridine rings is 1. The standard InChI is InChI=1S/C17H15ClN4O/c18-13-4-1-11(2-5-13)9-16-21-20-15-8-3-12(10-22(15)16)17(23)19-14-6-7-14/h1-5,8,10,14H,6-7,9H2,(H,19,23). The van der Waals surface area contributed by atoms with Gasteiger partial charge in [-0.1, -0.05) is 23.7 Å². The third-order valence-electron chi connectivity index (χ3n) is 3.92. The number of rotatable bonds is 4. The Labute approximate surface area is 138 Å². The number of aromatic nitrogens is 3. The van der Waals surface area contributed by atoms with Gasteiger partial charge in [0, 0.05) is 23.7 Å². The molecular weight excluding hydrogens is 312 g/mol. The first-order valence-corrected chi connectivity index (χ1v) is 7.96. The number of halogens is 1. The lowest BCUT2D eigenvalue weighted by molar-refractivity contribution is 0.0950. The van der Waals surface area contributed by atoms with Crippen LogP contribution in [0.4, 0.5) is 0 Å². The molecule has 1 saturated carbocycles. The zero-order valence-electron chi connectivity index (χ0n) is 12.4. The van der Waals surface area contributed by atoms with Crippen molar-refractivity contribution < 1.29 is 4.79 Å². The van der Waals surface area contributed by atoms with Crippen LogP contribution in [0, 0.1) is 0 Å². The van der Waals surface area contributed by atoms with Crippen LogP contribution in [0.2, 0.25) is 5.02 Å². The largest absolute Gasteiger partial charge is 0.349 e. The molecular formula is C17H15ClN4O. The summed E-state index contributed by atoms with van der Waals surface area (Å²) in [7, 11) is 0. The van der Waals surface area contributed by atoms with Gasteiger partial charge in [-0.05, 0) is 42.7 Å². The Kier molecular flexibility index (Phi) is 3.50. The van der Waals surface area contributed by atoms with E-state index in [-0.39, 0.29) is 5.91 Å². The van der Waals surface area contributed by atoms with E-state index in [1.165, 1.54) is 0 Å². The number of fused-ring (bicyclic) bond motifs is 1. The van der Waals surface area contributed by atoms with Crippen molar-refractivity contribution in [3.63, 3.8) is 0 Å². The third-order valence-corrected chi connectivity index (χ3v) is 4.18. The van der Waals surface area contributed by atoms with Crippen LogP contribution in [0.15, 0.2) is 42.6 Å². The maximum Gasteiger partial charge on any atom is 0.252 e. The Balaban J connectivity index is 1.63. The minimum absolute atomic E-state index is 0.0412. The molecule has 116 valence electrons. The number of nitrogens with one attached hydrogen (secondary N) is 1. The Morgan fingerprint density at radius 1 is 1.17 bits per heavy atom. The lowest BCUT2D eigenvalue weighted by atomic mass is 10.1. The summed E-state index contributed by atoms with van der Waals surface area (Å²) in [6.45, 7) is 0. The van der Waals surface area contributed by atoms with Crippen molar-refractivity contribution in [2.45, 2.75) is 25.3 Å². The van der Waals surface area contributed by atoms with Crippen molar-refractivity contribution >= 4 is 23.2 Å².